The van der Waals surface area contributed by atoms with Gasteiger partial charge in [-0.2, -0.15) is 4.89 Å². The predicted octanol–water partition coefficient (Wildman–Crippen LogP) is 2.99. The number of rotatable bonds is 5. The summed E-state index contributed by atoms with van der Waals surface area (Å²) in [5.74, 6) is 0.695. The van der Waals surface area contributed by atoms with Gasteiger partial charge in [-0.3, -0.25) is 4.89 Å². The van der Waals surface area contributed by atoms with Gasteiger partial charge in [0.2, 0.25) is 0 Å². The van der Waals surface area contributed by atoms with Crippen molar-refractivity contribution in [1.82, 2.24) is 0 Å². The fraction of sp³-hybridized carbons (Fsp3) is 0.400. The largest absolute Gasteiger partial charge is 0.497 e. The second kappa shape index (κ2) is 6.96. The molecule has 0 amide bonds. The van der Waals surface area contributed by atoms with E-state index in [1.165, 1.54) is 6.08 Å². The van der Waals surface area contributed by atoms with Gasteiger partial charge >= 0.3 is 5.97 Å². The van der Waals surface area contributed by atoms with Crippen LogP contribution in [0.2, 0.25) is 0 Å². The van der Waals surface area contributed by atoms with Gasteiger partial charge in [0.15, 0.2) is 0 Å². The van der Waals surface area contributed by atoms with E-state index < -0.39 is 11.6 Å². The van der Waals surface area contributed by atoms with Crippen LogP contribution < -0.4 is 9.47 Å². The highest BCUT2D eigenvalue weighted by atomic mass is 17.2. The van der Waals surface area contributed by atoms with Gasteiger partial charge in [-0.05, 0) is 39.0 Å². The van der Waals surface area contributed by atoms with Crippen molar-refractivity contribution in [2.24, 2.45) is 0 Å². The molecule has 110 valence electrons. The van der Waals surface area contributed by atoms with Gasteiger partial charge in [0, 0.05) is 17.7 Å². The minimum absolute atomic E-state index is 0.540. The standard InChI is InChI=1S/C15H20O5/c1-15(2,3)20-19-14(16)9-7-11-6-8-12(17-4)10-13(11)18-5/h6-10H,1-5H3/b9-7+. The van der Waals surface area contributed by atoms with E-state index in [9.17, 15) is 4.79 Å². The lowest BCUT2D eigenvalue weighted by Crippen LogP contribution is -2.21. The number of ether oxygens (including phenoxy) is 2. The number of benzene rings is 1. The van der Waals surface area contributed by atoms with Crippen LogP contribution in [-0.2, 0) is 14.6 Å². The van der Waals surface area contributed by atoms with E-state index >= 15 is 0 Å². The molecule has 0 bridgehead atoms. The Kier molecular flexibility index (Phi) is 5.58. The van der Waals surface area contributed by atoms with Gasteiger partial charge in [0.25, 0.3) is 0 Å². The van der Waals surface area contributed by atoms with Crippen molar-refractivity contribution in [3.8, 4) is 11.5 Å². The first-order valence-corrected chi connectivity index (χ1v) is 6.15. The van der Waals surface area contributed by atoms with E-state index in [2.05, 4.69) is 4.89 Å². The SMILES string of the molecule is COc1ccc(/C=C/C(=O)OOC(C)(C)C)c(OC)c1. The van der Waals surface area contributed by atoms with Crippen LogP contribution in [0, 0.1) is 0 Å². The van der Waals surface area contributed by atoms with E-state index in [1.807, 2.05) is 0 Å². The zero-order valence-corrected chi connectivity index (χ0v) is 12.4. The lowest BCUT2D eigenvalue weighted by atomic mass is 10.2. The molecule has 5 nitrogen and oxygen atoms in total. The zero-order chi connectivity index (χ0) is 15.2. The first kappa shape index (κ1) is 16.0. The van der Waals surface area contributed by atoms with E-state index in [0.717, 1.165) is 5.56 Å². The molecular formula is C15H20O5. The Hall–Kier alpha value is -2.01. The number of hydrogen-bond acceptors (Lipinski definition) is 5. The predicted molar refractivity (Wildman–Crippen MR) is 75.5 cm³/mol. The Labute approximate surface area is 119 Å². The first-order chi connectivity index (χ1) is 9.35. The normalized spacial score (nSPS) is 11.4. The van der Waals surface area contributed by atoms with Gasteiger partial charge in [-0.15, -0.1) is 0 Å². The van der Waals surface area contributed by atoms with Crippen molar-refractivity contribution in [2.75, 3.05) is 14.2 Å². The highest BCUT2D eigenvalue weighted by molar-refractivity contribution is 5.87. The van der Waals surface area contributed by atoms with Gasteiger partial charge in [0.1, 0.15) is 17.1 Å². The second-order valence-electron chi connectivity index (χ2n) is 5.04. The Morgan fingerprint density at radius 2 is 1.85 bits per heavy atom. The molecule has 1 aromatic rings. The molecule has 1 aromatic carbocycles. The fourth-order valence-corrected chi connectivity index (χ4v) is 1.31. The zero-order valence-electron chi connectivity index (χ0n) is 12.4. The average molecular weight is 280 g/mol. The Balaban J connectivity index is 2.72. The lowest BCUT2D eigenvalue weighted by Gasteiger charge is -2.15. The van der Waals surface area contributed by atoms with Crippen LogP contribution in [0.4, 0.5) is 0 Å². The second-order valence-corrected chi connectivity index (χ2v) is 5.04. The maximum absolute atomic E-state index is 11.5. The molecule has 5 heteroatoms. The van der Waals surface area contributed by atoms with Gasteiger partial charge in [-0.25, -0.2) is 4.79 Å². The number of carbonyl (C=O) groups is 1. The minimum atomic E-state index is -0.585. The van der Waals surface area contributed by atoms with Crippen molar-refractivity contribution in [3.05, 3.63) is 29.8 Å². The third-order valence-corrected chi connectivity index (χ3v) is 2.21. The van der Waals surface area contributed by atoms with Crippen molar-refractivity contribution in [2.45, 2.75) is 26.4 Å². The molecule has 0 atom stereocenters. The quantitative estimate of drug-likeness (QED) is 0.471. The summed E-state index contributed by atoms with van der Waals surface area (Å²) in [4.78, 5) is 21.1. The smallest absolute Gasteiger partial charge is 0.365 e. The highest BCUT2D eigenvalue weighted by Crippen LogP contribution is 2.25. The summed E-state index contributed by atoms with van der Waals surface area (Å²) < 4.78 is 10.3. The Bertz CT molecular complexity index is 486. The molecule has 0 aliphatic heterocycles. The maximum Gasteiger partial charge on any atom is 0.365 e. The number of carbonyl (C=O) groups excluding carboxylic acids is 1. The van der Waals surface area contributed by atoms with Crippen LogP contribution in [0.3, 0.4) is 0 Å². The monoisotopic (exact) mass is 280 g/mol. The van der Waals surface area contributed by atoms with E-state index in [1.54, 1.807) is 59.3 Å². The van der Waals surface area contributed by atoms with Crippen molar-refractivity contribution in [3.63, 3.8) is 0 Å². The molecule has 0 unspecified atom stereocenters. The van der Waals surface area contributed by atoms with Gasteiger partial charge in [-0.1, -0.05) is 0 Å². The van der Waals surface area contributed by atoms with Crippen LogP contribution in [0.25, 0.3) is 6.08 Å². The molecule has 0 aliphatic rings. The fourth-order valence-electron chi connectivity index (χ4n) is 1.31. The molecule has 0 N–H and O–H groups in total. The molecule has 0 radical (unpaired) electrons. The minimum Gasteiger partial charge on any atom is -0.497 e. The average Bonchev–Trinajstić information content (AvgIpc) is 2.41. The molecule has 0 saturated heterocycles. The molecule has 0 heterocycles. The van der Waals surface area contributed by atoms with Crippen LogP contribution in [-0.4, -0.2) is 25.8 Å². The molecule has 20 heavy (non-hydrogen) atoms. The molecule has 0 saturated carbocycles. The van der Waals surface area contributed by atoms with E-state index in [4.69, 9.17) is 14.4 Å². The summed E-state index contributed by atoms with van der Waals surface area (Å²) >= 11 is 0. The van der Waals surface area contributed by atoms with E-state index in [-0.39, 0.29) is 0 Å². The molecule has 0 fully saturated rings. The first-order valence-electron chi connectivity index (χ1n) is 6.15. The summed E-state index contributed by atoms with van der Waals surface area (Å²) in [6, 6.07) is 5.29. The summed E-state index contributed by atoms with van der Waals surface area (Å²) in [7, 11) is 3.12. The maximum atomic E-state index is 11.5. The Morgan fingerprint density at radius 3 is 2.40 bits per heavy atom. The Morgan fingerprint density at radius 1 is 1.15 bits per heavy atom. The van der Waals surface area contributed by atoms with Crippen molar-refractivity contribution >= 4 is 12.0 Å². The summed E-state index contributed by atoms with van der Waals surface area (Å²) in [5.41, 5.74) is 0.197. The number of hydrogen-bond donors (Lipinski definition) is 0. The lowest BCUT2D eigenvalue weighted by molar-refractivity contribution is -0.316. The summed E-state index contributed by atoms with van der Waals surface area (Å²) in [5, 5.41) is 0. The van der Waals surface area contributed by atoms with Crippen LogP contribution in [0.1, 0.15) is 26.3 Å². The van der Waals surface area contributed by atoms with Crippen molar-refractivity contribution < 1.29 is 24.0 Å². The van der Waals surface area contributed by atoms with Gasteiger partial charge < -0.3 is 9.47 Å². The summed E-state index contributed by atoms with van der Waals surface area (Å²) in [6.07, 6.45) is 2.86. The molecular weight excluding hydrogens is 260 g/mol. The third-order valence-electron chi connectivity index (χ3n) is 2.21. The molecule has 0 aromatic heterocycles. The van der Waals surface area contributed by atoms with Crippen LogP contribution >= 0.6 is 0 Å². The molecule has 0 spiro atoms. The van der Waals surface area contributed by atoms with Gasteiger partial charge in [0.05, 0.1) is 14.2 Å². The molecule has 0 aliphatic carbocycles. The van der Waals surface area contributed by atoms with Crippen molar-refractivity contribution in [1.29, 1.82) is 0 Å². The van der Waals surface area contributed by atoms with E-state index in [0.29, 0.717) is 11.5 Å². The topological polar surface area (TPSA) is 54.0 Å². The highest BCUT2D eigenvalue weighted by Gasteiger charge is 2.14. The molecule has 1 rings (SSSR count). The summed E-state index contributed by atoms with van der Waals surface area (Å²) in [6.45, 7) is 5.36. The van der Waals surface area contributed by atoms with Crippen LogP contribution in [0.15, 0.2) is 24.3 Å². The number of methoxy groups -OCH3 is 2. The van der Waals surface area contributed by atoms with Crippen LogP contribution in [0.5, 0.6) is 11.5 Å². The third kappa shape index (κ3) is 5.32.